The van der Waals surface area contributed by atoms with Crippen molar-refractivity contribution in [3.8, 4) is 0 Å². The van der Waals surface area contributed by atoms with Crippen molar-refractivity contribution in [2.24, 2.45) is 5.73 Å². The van der Waals surface area contributed by atoms with Crippen LogP contribution in [0.25, 0.3) is 0 Å². The first-order valence-corrected chi connectivity index (χ1v) is 9.22. The molecule has 2 aromatic rings. The number of anilines is 1. The zero-order chi connectivity index (χ0) is 20.1. The van der Waals surface area contributed by atoms with Crippen LogP contribution in [0.2, 0.25) is 0 Å². The van der Waals surface area contributed by atoms with Crippen molar-refractivity contribution in [1.29, 1.82) is 0 Å². The van der Waals surface area contributed by atoms with E-state index in [0.29, 0.717) is 37.3 Å². The van der Waals surface area contributed by atoms with Gasteiger partial charge in [-0.15, -0.1) is 0 Å². The molecule has 4 N–H and O–H groups in total. The number of carbonyl (C=O) groups excluding carboxylic acids is 2. The van der Waals surface area contributed by atoms with E-state index in [4.69, 9.17) is 10.5 Å². The molecule has 1 atom stereocenters. The third-order valence-corrected chi connectivity index (χ3v) is 4.96. The van der Waals surface area contributed by atoms with Gasteiger partial charge >= 0.3 is 0 Å². The number of benzene rings is 2. The van der Waals surface area contributed by atoms with Crippen LogP contribution in [0.4, 0.5) is 10.1 Å². The minimum absolute atomic E-state index is 0.183. The lowest BCUT2D eigenvalue weighted by Gasteiger charge is -2.33. The molecule has 1 heterocycles. The molecule has 28 heavy (non-hydrogen) atoms. The van der Waals surface area contributed by atoms with Gasteiger partial charge in [-0.1, -0.05) is 12.1 Å². The van der Waals surface area contributed by atoms with E-state index < -0.39 is 11.4 Å². The van der Waals surface area contributed by atoms with Crippen molar-refractivity contribution < 1.29 is 18.7 Å². The zero-order valence-electron chi connectivity index (χ0n) is 15.7. The van der Waals surface area contributed by atoms with Crippen molar-refractivity contribution >= 4 is 17.5 Å². The Morgan fingerprint density at radius 1 is 1.07 bits per heavy atom. The fourth-order valence-corrected chi connectivity index (χ4v) is 3.05. The summed E-state index contributed by atoms with van der Waals surface area (Å²) in [6.07, 6.45) is 1.000. The number of nitrogens with one attached hydrogen (secondary N) is 2. The summed E-state index contributed by atoms with van der Waals surface area (Å²) in [5.41, 5.74) is 7.19. The van der Waals surface area contributed by atoms with Gasteiger partial charge < -0.3 is 21.1 Å². The number of hydrogen-bond acceptors (Lipinski definition) is 4. The van der Waals surface area contributed by atoms with E-state index in [1.54, 1.807) is 12.1 Å². The summed E-state index contributed by atoms with van der Waals surface area (Å²) in [5.74, 6) is -0.896. The summed E-state index contributed by atoms with van der Waals surface area (Å²) in [6, 6.07) is 12.3. The van der Waals surface area contributed by atoms with Crippen LogP contribution < -0.4 is 16.4 Å². The molecule has 0 aromatic heterocycles. The topological polar surface area (TPSA) is 93.5 Å². The Hall–Kier alpha value is -2.77. The number of nitrogens with two attached hydrogens (primary N) is 1. The summed E-state index contributed by atoms with van der Waals surface area (Å²) < 4.78 is 18.2. The minimum Gasteiger partial charge on any atom is -0.381 e. The van der Waals surface area contributed by atoms with Gasteiger partial charge in [0, 0.05) is 24.5 Å². The molecule has 6 nitrogen and oxygen atoms in total. The maximum absolute atomic E-state index is 13.0. The van der Waals surface area contributed by atoms with E-state index in [-0.39, 0.29) is 17.9 Å². The van der Waals surface area contributed by atoms with Crippen LogP contribution in [0, 0.1) is 5.82 Å². The zero-order valence-corrected chi connectivity index (χ0v) is 15.7. The van der Waals surface area contributed by atoms with E-state index in [2.05, 4.69) is 10.6 Å². The molecule has 0 saturated carbocycles. The first kappa shape index (κ1) is 20.0. The Balaban J connectivity index is 1.59. The molecule has 1 saturated heterocycles. The summed E-state index contributed by atoms with van der Waals surface area (Å²) in [4.78, 5) is 24.7. The van der Waals surface area contributed by atoms with Gasteiger partial charge in [-0.2, -0.15) is 0 Å². The molecule has 1 aliphatic rings. The maximum Gasteiger partial charge on any atom is 0.255 e. The van der Waals surface area contributed by atoms with Gasteiger partial charge in [0.05, 0.1) is 11.6 Å². The van der Waals surface area contributed by atoms with Crippen LogP contribution in [-0.2, 0) is 9.53 Å². The SMILES string of the molecule is CC(NC(=O)C1(N)CCOCC1)c1ccc(NC(=O)c2ccc(F)cc2)cc1. The Labute approximate surface area is 163 Å². The Morgan fingerprint density at radius 3 is 2.29 bits per heavy atom. The fourth-order valence-electron chi connectivity index (χ4n) is 3.05. The van der Waals surface area contributed by atoms with Gasteiger partial charge in [-0.25, -0.2) is 4.39 Å². The first-order chi connectivity index (χ1) is 13.4. The molecule has 0 radical (unpaired) electrons. The normalized spacial score (nSPS) is 16.8. The van der Waals surface area contributed by atoms with Gasteiger partial charge in [0.25, 0.3) is 5.91 Å². The Morgan fingerprint density at radius 2 is 1.68 bits per heavy atom. The number of carbonyl (C=O) groups is 2. The molecular weight excluding hydrogens is 361 g/mol. The molecule has 0 spiro atoms. The smallest absolute Gasteiger partial charge is 0.255 e. The highest BCUT2D eigenvalue weighted by molar-refractivity contribution is 6.04. The lowest BCUT2D eigenvalue weighted by atomic mass is 9.90. The van der Waals surface area contributed by atoms with E-state index in [0.717, 1.165) is 5.56 Å². The quantitative estimate of drug-likeness (QED) is 0.738. The van der Waals surface area contributed by atoms with Gasteiger partial charge in [0.15, 0.2) is 0 Å². The molecule has 0 bridgehead atoms. The molecule has 3 rings (SSSR count). The second-order valence-corrected chi connectivity index (χ2v) is 7.05. The molecule has 0 aliphatic carbocycles. The van der Waals surface area contributed by atoms with E-state index in [1.165, 1.54) is 24.3 Å². The third kappa shape index (κ3) is 4.74. The standard InChI is InChI=1S/C21H24FN3O3/c1-14(24-20(27)21(23)10-12-28-13-11-21)15-4-8-18(9-5-15)25-19(26)16-2-6-17(22)7-3-16/h2-9,14H,10-13,23H2,1H3,(H,24,27)(H,25,26). The fraction of sp³-hybridized carbons (Fsp3) is 0.333. The molecule has 2 amide bonds. The van der Waals surface area contributed by atoms with Crippen LogP contribution in [0.15, 0.2) is 48.5 Å². The van der Waals surface area contributed by atoms with Crippen LogP contribution in [0.5, 0.6) is 0 Å². The second-order valence-electron chi connectivity index (χ2n) is 7.05. The predicted octanol–water partition coefficient (Wildman–Crippen LogP) is 2.76. The lowest BCUT2D eigenvalue weighted by Crippen LogP contribution is -2.57. The molecule has 7 heteroatoms. The number of halogens is 1. The van der Waals surface area contributed by atoms with Crippen LogP contribution >= 0.6 is 0 Å². The predicted molar refractivity (Wildman–Crippen MR) is 104 cm³/mol. The highest BCUT2D eigenvalue weighted by Gasteiger charge is 2.36. The average molecular weight is 385 g/mol. The third-order valence-electron chi connectivity index (χ3n) is 4.96. The number of ether oxygens (including phenoxy) is 1. The molecule has 1 fully saturated rings. The molecule has 148 valence electrons. The summed E-state index contributed by atoms with van der Waals surface area (Å²) in [5, 5.41) is 5.72. The van der Waals surface area contributed by atoms with Crippen LogP contribution in [0.1, 0.15) is 41.7 Å². The summed E-state index contributed by atoms with van der Waals surface area (Å²) >= 11 is 0. The van der Waals surface area contributed by atoms with E-state index in [9.17, 15) is 14.0 Å². The maximum atomic E-state index is 13.0. The van der Waals surface area contributed by atoms with Crippen molar-refractivity contribution in [3.63, 3.8) is 0 Å². The van der Waals surface area contributed by atoms with Gasteiger partial charge in [-0.05, 0) is 61.7 Å². The summed E-state index contributed by atoms with van der Waals surface area (Å²) in [6.45, 7) is 2.86. The highest BCUT2D eigenvalue weighted by Crippen LogP contribution is 2.21. The lowest BCUT2D eigenvalue weighted by molar-refractivity contribution is -0.130. The van der Waals surface area contributed by atoms with Gasteiger partial charge in [0.2, 0.25) is 5.91 Å². The highest BCUT2D eigenvalue weighted by atomic mass is 19.1. The number of rotatable bonds is 5. The van der Waals surface area contributed by atoms with Crippen LogP contribution in [0.3, 0.4) is 0 Å². The van der Waals surface area contributed by atoms with E-state index >= 15 is 0 Å². The molecule has 2 aromatic carbocycles. The van der Waals surface area contributed by atoms with E-state index in [1.807, 2.05) is 19.1 Å². The van der Waals surface area contributed by atoms with Crippen molar-refractivity contribution in [3.05, 3.63) is 65.5 Å². The Kier molecular flexibility index (Phi) is 6.06. The first-order valence-electron chi connectivity index (χ1n) is 9.22. The van der Waals surface area contributed by atoms with Gasteiger partial charge in [0.1, 0.15) is 5.82 Å². The Bertz CT molecular complexity index is 831. The monoisotopic (exact) mass is 385 g/mol. The minimum atomic E-state index is -0.893. The molecular formula is C21H24FN3O3. The second kappa shape index (κ2) is 8.50. The average Bonchev–Trinajstić information content (AvgIpc) is 2.69. The molecule has 1 unspecified atom stereocenters. The van der Waals surface area contributed by atoms with Crippen LogP contribution in [-0.4, -0.2) is 30.6 Å². The van der Waals surface area contributed by atoms with Crippen molar-refractivity contribution in [1.82, 2.24) is 5.32 Å². The van der Waals surface area contributed by atoms with Gasteiger partial charge in [-0.3, -0.25) is 9.59 Å². The molecule has 1 aliphatic heterocycles. The summed E-state index contributed by atoms with van der Waals surface area (Å²) in [7, 11) is 0. The number of hydrogen-bond donors (Lipinski definition) is 3. The largest absolute Gasteiger partial charge is 0.381 e. The van der Waals surface area contributed by atoms with Crippen molar-refractivity contribution in [2.75, 3.05) is 18.5 Å². The van der Waals surface area contributed by atoms with Crippen molar-refractivity contribution in [2.45, 2.75) is 31.3 Å². The number of amides is 2.